The fourth-order valence-corrected chi connectivity index (χ4v) is 6.57. The molecule has 0 aliphatic carbocycles. The van der Waals surface area contributed by atoms with Crippen LogP contribution >= 0.6 is 11.3 Å². The summed E-state index contributed by atoms with van der Waals surface area (Å²) in [5.74, 6) is -1.57. The average molecular weight is 546 g/mol. The first kappa shape index (κ1) is 26.7. The Hall–Kier alpha value is -3.35. The van der Waals surface area contributed by atoms with E-state index in [9.17, 15) is 22.8 Å². The fraction of sp³-hybridized carbons (Fsp3) is 0.360. The Morgan fingerprint density at radius 3 is 2.24 bits per heavy atom. The second-order valence-corrected chi connectivity index (χ2v) is 11.2. The van der Waals surface area contributed by atoms with Crippen molar-refractivity contribution in [2.75, 3.05) is 26.3 Å². The number of carbonyl (C=O) groups is 3. The molecule has 0 atom stereocenters. The lowest BCUT2D eigenvalue weighted by Crippen LogP contribution is -2.27. The summed E-state index contributed by atoms with van der Waals surface area (Å²) < 4.78 is 39.3. The Kier molecular flexibility index (Phi) is 8.20. The number of hydrogen-bond acceptors (Lipinski definition) is 8. The van der Waals surface area contributed by atoms with Crippen LogP contribution in [0.25, 0.3) is 10.2 Å². The van der Waals surface area contributed by atoms with Gasteiger partial charge in [-0.15, -0.1) is 0 Å². The standard InChI is InChI=1S/C25H27N3O7S2/c1-3-34-22(29)16-28-20-12-9-18(24(31)35-4-2)15-21(20)36-25(28)26-23(30)17-7-10-19(11-8-17)37(32,33)27-13-5-6-14-27/h7-12,15H,3-6,13-14,16H2,1-2H3. The molecule has 10 nitrogen and oxygen atoms in total. The normalized spacial score (nSPS) is 14.7. The lowest BCUT2D eigenvalue weighted by Gasteiger charge is -2.15. The molecule has 3 aromatic rings. The van der Waals surface area contributed by atoms with Gasteiger partial charge in [-0.3, -0.25) is 9.59 Å². The fourth-order valence-electron chi connectivity index (χ4n) is 3.99. The molecule has 0 spiro atoms. The summed E-state index contributed by atoms with van der Waals surface area (Å²) in [5, 5.41) is 0. The zero-order valence-electron chi connectivity index (χ0n) is 20.5. The van der Waals surface area contributed by atoms with Crippen molar-refractivity contribution < 1.29 is 32.3 Å². The molecule has 12 heteroatoms. The number of thiazole rings is 1. The number of amides is 1. The number of benzene rings is 2. The highest BCUT2D eigenvalue weighted by Crippen LogP contribution is 2.22. The van der Waals surface area contributed by atoms with E-state index >= 15 is 0 Å². The van der Waals surface area contributed by atoms with Gasteiger partial charge in [0, 0.05) is 18.7 Å². The largest absolute Gasteiger partial charge is 0.465 e. The van der Waals surface area contributed by atoms with Crippen LogP contribution in [-0.4, -0.2) is 61.4 Å². The van der Waals surface area contributed by atoms with E-state index in [-0.39, 0.29) is 35.0 Å². The van der Waals surface area contributed by atoms with Crippen molar-refractivity contribution in [1.82, 2.24) is 8.87 Å². The molecule has 4 rings (SSSR count). The highest BCUT2D eigenvalue weighted by Gasteiger charge is 2.27. The summed E-state index contributed by atoms with van der Waals surface area (Å²) in [5.41, 5.74) is 1.14. The van der Waals surface area contributed by atoms with Crippen LogP contribution in [0.5, 0.6) is 0 Å². The molecular formula is C25H27N3O7S2. The first-order valence-electron chi connectivity index (χ1n) is 11.9. The molecule has 1 aliphatic rings. The molecule has 0 N–H and O–H groups in total. The number of ether oxygens (including phenoxy) is 2. The molecule has 1 aromatic heterocycles. The second-order valence-electron chi connectivity index (χ2n) is 8.23. The van der Waals surface area contributed by atoms with Crippen LogP contribution in [0, 0.1) is 0 Å². The molecule has 2 heterocycles. The van der Waals surface area contributed by atoms with E-state index in [1.165, 1.54) is 28.6 Å². The van der Waals surface area contributed by atoms with Crippen LogP contribution < -0.4 is 4.80 Å². The van der Waals surface area contributed by atoms with Crippen molar-refractivity contribution in [3.8, 4) is 0 Å². The van der Waals surface area contributed by atoms with Crippen molar-refractivity contribution in [2.24, 2.45) is 4.99 Å². The molecule has 1 saturated heterocycles. The molecular weight excluding hydrogens is 518 g/mol. The predicted molar refractivity (Wildman–Crippen MR) is 137 cm³/mol. The maximum absolute atomic E-state index is 13.0. The third kappa shape index (κ3) is 5.81. The van der Waals surface area contributed by atoms with Crippen molar-refractivity contribution in [1.29, 1.82) is 0 Å². The smallest absolute Gasteiger partial charge is 0.338 e. The van der Waals surface area contributed by atoms with Crippen LogP contribution in [-0.2, 0) is 30.8 Å². The summed E-state index contributed by atoms with van der Waals surface area (Å²) in [7, 11) is -3.60. The topological polar surface area (TPSA) is 124 Å². The van der Waals surface area contributed by atoms with Crippen LogP contribution in [0.15, 0.2) is 52.4 Å². The van der Waals surface area contributed by atoms with E-state index in [1.807, 2.05) is 0 Å². The molecule has 196 valence electrons. The number of hydrogen-bond donors (Lipinski definition) is 0. The third-order valence-electron chi connectivity index (χ3n) is 5.79. The third-order valence-corrected chi connectivity index (χ3v) is 8.74. The Balaban J connectivity index is 1.70. The zero-order chi connectivity index (χ0) is 26.6. The van der Waals surface area contributed by atoms with Gasteiger partial charge in [0.1, 0.15) is 6.54 Å². The van der Waals surface area contributed by atoms with Crippen LogP contribution in [0.2, 0.25) is 0 Å². The van der Waals surface area contributed by atoms with Gasteiger partial charge in [0.15, 0.2) is 4.80 Å². The predicted octanol–water partition coefficient (Wildman–Crippen LogP) is 2.97. The summed E-state index contributed by atoms with van der Waals surface area (Å²) in [6.45, 7) is 4.65. The number of rotatable bonds is 8. The van der Waals surface area contributed by atoms with Gasteiger partial charge in [-0.05, 0) is 69.2 Å². The summed E-state index contributed by atoms with van der Waals surface area (Å²) in [6.07, 6.45) is 1.66. The van der Waals surface area contributed by atoms with Gasteiger partial charge < -0.3 is 14.0 Å². The monoisotopic (exact) mass is 545 g/mol. The van der Waals surface area contributed by atoms with E-state index in [4.69, 9.17) is 9.47 Å². The minimum absolute atomic E-state index is 0.122. The number of carbonyl (C=O) groups excluding carboxylic acids is 3. The van der Waals surface area contributed by atoms with E-state index in [0.717, 1.165) is 24.2 Å². The SMILES string of the molecule is CCOC(=O)Cn1c(=NC(=O)c2ccc(S(=O)(=O)N3CCCC3)cc2)sc2cc(C(=O)OCC)ccc21. The number of nitrogens with zero attached hydrogens (tertiary/aromatic N) is 3. The molecule has 1 amide bonds. The van der Waals surface area contributed by atoms with Gasteiger partial charge in [-0.1, -0.05) is 11.3 Å². The Labute approximate surface area is 218 Å². The number of fused-ring (bicyclic) bond motifs is 1. The second kappa shape index (κ2) is 11.4. The van der Waals surface area contributed by atoms with Crippen molar-refractivity contribution >= 4 is 49.4 Å². The van der Waals surface area contributed by atoms with Crippen LogP contribution in [0.1, 0.15) is 47.4 Å². The highest BCUT2D eigenvalue weighted by atomic mass is 32.2. The summed E-state index contributed by atoms with van der Waals surface area (Å²) in [6, 6.07) is 10.5. The molecule has 1 aliphatic heterocycles. The molecule has 1 fully saturated rings. The summed E-state index contributed by atoms with van der Waals surface area (Å²) in [4.78, 5) is 42.0. The molecule has 0 unspecified atom stereocenters. The van der Waals surface area contributed by atoms with E-state index in [1.54, 1.807) is 36.6 Å². The number of aromatic nitrogens is 1. The minimum atomic E-state index is -3.60. The molecule has 0 saturated carbocycles. The Bertz CT molecular complexity index is 1500. The lowest BCUT2D eigenvalue weighted by molar-refractivity contribution is -0.143. The van der Waals surface area contributed by atoms with Crippen molar-refractivity contribution in [2.45, 2.75) is 38.1 Å². The van der Waals surface area contributed by atoms with Crippen LogP contribution in [0.3, 0.4) is 0 Å². The van der Waals surface area contributed by atoms with Gasteiger partial charge in [-0.2, -0.15) is 9.30 Å². The van der Waals surface area contributed by atoms with Gasteiger partial charge in [0.25, 0.3) is 5.91 Å². The first-order valence-corrected chi connectivity index (χ1v) is 14.2. The van der Waals surface area contributed by atoms with Crippen LogP contribution in [0.4, 0.5) is 0 Å². The molecule has 0 radical (unpaired) electrons. The zero-order valence-corrected chi connectivity index (χ0v) is 22.1. The molecule has 37 heavy (non-hydrogen) atoms. The van der Waals surface area contributed by atoms with Crippen molar-refractivity contribution in [3.05, 3.63) is 58.4 Å². The van der Waals surface area contributed by atoms with Crippen molar-refractivity contribution in [3.63, 3.8) is 0 Å². The van der Waals surface area contributed by atoms with Gasteiger partial charge >= 0.3 is 11.9 Å². The highest BCUT2D eigenvalue weighted by molar-refractivity contribution is 7.89. The quantitative estimate of drug-likeness (QED) is 0.399. The first-order chi connectivity index (χ1) is 17.7. The molecule has 2 aromatic carbocycles. The van der Waals surface area contributed by atoms with E-state index < -0.39 is 27.9 Å². The summed E-state index contributed by atoms with van der Waals surface area (Å²) >= 11 is 1.14. The Morgan fingerprint density at radius 2 is 1.59 bits per heavy atom. The van der Waals surface area contributed by atoms with E-state index in [0.29, 0.717) is 28.9 Å². The number of sulfonamides is 1. The van der Waals surface area contributed by atoms with Gasteiger partial charge in [0.05, 0.1) is 33.9 Å². The number of esters is 2. The molecule has 0 bridgehead atoms. The van der Waals surface area contributed by atoms with Gasteiger partial charge in [-0.25, -0.2) is 13.2 Å². The average Bonchev–Trinajstić information content (AvgIpc) is 3.53. The minimum Gasteiger partial charge on any atom is -0.465 e. The van der Waals surface area contributed by atoms with E-state index in [2.05, 4.69) is 4.99 Å². The maximum Gasteiger partial charge on any atom is 0.338 e. The van der Waals surface area contributed by atoms with Gasteiger partial charge in [0.2, 0.25) is 10.0 Å². The Morgan fingerprint density at radius 1 is 0.946 bits per heavy atom. The lowest BCUT2D eigenvalue weighted by atomic mass is 10.2. The maximum atomic E-state index is 13.0.